The zero-order chi connectivity index (χ0) is 14.4. The van der Waals surface area contributed by atoms with Crippen molar-refractivity contribution in [2.75, 3.05) is 0 Å². The molecule has 1 rings (SSSR count). The second-order valence-electron chi connectivity index (χ2n) is 5.29. The van der Waals surface area contributed by atoms with Crippen molar-refractivity contribution < 1.29 is 13.2 Å². The van der Waals surface area contributed by atoms with Crippen LogP contribution in [-0.4, -0.2) is 6.17 Å². The zero-order valence-electron chi connectivity index (χ0n) is 12.0. The highest BCUT2D eigenvalue weighted by atomic mass is 19.1. The van der Waals surface area contributed by atoms with Gasteiger partial charge >= 0.3 is 0 Å². The fourth-order valence-corrected chi connectivity index (χ4v) is 2.32. The first-order chi connectivity index (χ1) is 8.95. The van der Waals surface area contributed by atoms with Crippen molar-refractivity contribution in [3.63, 3.8) is 0 Å². The number of hydrogen-bond donors (Lipinski definition) is 0. The Hall–Kier alpha value is -0.990. The molecular weight excluding hydrogens is 249 g/mol. The predicted molar refractivity (Wildman–Crippen MR) is 73.2 cm³/mol. The van der Waals surface area contributed by atoms with Crippen molar-refractivity contribution in [1.29, 1.82) is 0 Å². The summed E-state index contributed by atoms with van der Waals surface area (Å²) in [6, 6.07) is 2.55. The molecule has 0 aliphatic heterocycles. The Morgan fingerprint density at radius 1 is 1.05 bits per heavy atom. The quantitative estimate of drug-likeness (QED) is 0.571. The first-order valence-electron chi connectivity index (χ1n) is 7.07. The summed E-state index contributed by atoms with van der Waals surface area (Å²) < 4.78 is 40.2. The van der Waals surface area contributed by atoms with Gasteiger partial charge in [0.15, 0.2) is 0 Å². The number of benzene rings is 1. The summed E-state index contributed by atoms with van der Waals surface area (Å²) in [7, 11) is 0. The third-order valence-corrected chi connectivity index (χ3v) is 3.54. The van der Waals surface area contributed by atoms with Gasteiger partial charge in [0.25, 0.3) is 0 Å². The van der Waals surface area contributed by atoms with Crippen LogP contribution in [0.4, 0.5) is 13.2 Å². The highest BCUT2D eigenvalue weighted by molar-refractivity contribution is 5.29. The molecule has 0 saturated carbocycles. The summed E-state index contributed by atoms with van der Waals surface area (Å²) in [5.74, 6) is -0.691. The Labute approximate surface area is 114 Å². The molecule has 0 heterocycles. The number of hydrogen-bond acceptors (Lipinski definition) is 0. The smallest absolute Gasteiger partial charge is 0.130 e. The highest BCUT2D eigenvalue weighted by Gasteiger charge is 2.15. The largest absolute Gasteiger partial charge is 0.248 e. The van der Waals surface area contributed by atoms with Crippen molar-refractivity contribution in [3.8, 4) is 0 Å². The van der Waals surface area contributed by atoms with Gasteiger partial charge in [-0.25, -0.2) is 13.2 Å². The first-order valence-corrected chi connectivity index (χ1v) is 7.07. The van der Waals surface area contributed by atoms with Crippen molar-refractivity contribution in [3.05, 3.63) is 34.9 Å². The van der Waals surface area contributed by atoms with Crippen LogP contribution >= 0.6 is 0 Å². The summed E-state index contributed by atoms with van der Waals surface area (Å²) in [5.41, 5.74) is 0.879. The van der Waals surface area contributed by atoms with E-state index in [-0.39, 0.29) is 17.6 Å². The van der Waals surface area contributed by atoms with Crippen LogP contribution in [0.1, 0.15) is 63.5 Å². The number of rotatable bonds is 7. The van der Waals surface area contributed by atoms with Crippen molar-refractivity contribution in [2.45, 2.75) is 65.0 Å². The minimum absolute atomic E-state index is 0.0316. The molecule has 0 spiro atoms. The lowest BCUT2D eigenvalue weighted by molar-refractivity contribution is 0.329. The van der Waals surface area contributed by atoms with Crippen LogP contribution < -0.4 is 0 Å². The van der Waals surface area contributed by atoms with Gasteiger partial charge in [-0.05, 0) is 55.4 Å². The molecule has 108 valence electrons. The van der Waals surface area contributed by atoms with Crippen LogP contribution in [0.15, 0.2) is 12.1 Å². The summed E-state index contributed by atoms with van der Waals surface area (Å²) in [4.78, 5) is 0. The third kappa shape index (κ3) is 4.88. The summed E-state index contributed by atoms with van der Waals surface area (Å²) in [6.45, 7) is 5.26. The Morgan fingerprint density at radius 2 is 1.68 bits per heavy atom. The molecule has 0 bridgehead atoms. The van der Waals surface area contributed by atoms with Gasteiger partial charge in [-0.2, -0.15) is 0 Å². The van der Waals surface area contributed by atoms with E-state index in [9.17, 15) is 13.2 Å². The second-order valence-corrected chi connectivity index (χ2v) is 5.29. The Kier molecular flexibility index (Phi) is 6.40. The lowest BCUT2D eigenvalue weighted by atomic mass is 9.92. The van der Waals surface area contributed by atoms with E-state index >= 15 is 0 Å². The average molecular weight is 272 g/mol. The molecule has 0 nitrogen and oxygen atoms in total. The Balaban J connectivity index is 2.66. The van der Waals surface area contributed by atoms with Crippen molar-refractivity contribution in [2.24, 2.45) is 0 Å². The number of aryl methyl sites for hydroxylation is 1. The lowest BCUT2D eigenvalue weighted by Crippen LogP contribution is -2.03. The highest BCUT2D eigenvalue weighted by Crippen LogP contribution is 2.27. The number of halogens is 3. The molecule has 1 aromatic carbocycles. The Morgan fingerprint density at radius 3 is 2.26 bits per heavy atom. The van der Waals surface area contributed by atoms with E-state index in [0.29, 0.717) is 24.0 Å². The Bertz CT molecular complexity index is 399. The molecule has 0 aliphatic rings. The van der Waals surface area contributed by atoms with Gasteiger partial charge in [0, 0.05) is 0 Å². The second kappa shape index (κ2) is 7.56. The van der Waals surface area contributed by atoms with E-state index in [0.717, 1.165) is 19.3 Å². The molecule has 0 N–H and O–H groups in total. The van der Waals surface area contributed by atoms with Crippen LogP contribution in [0.3, 0.4) is 0 Å². The van der Waals surface area contributed by atoms with Crippen LogP contribution in [0, 0.1) is 11.6 Å². The maximum Gasteiger partial charge on any atom is 0.130 e. The maximum atomic E-state index is 14.1. The minimum atomic E-state index is -0.784. The molecule has 1 aromatic rings. The topological polar surface area (TPSA) is 0 Å². The van der Waals surface area contributed by atoms with Gasteiger partial charge < -0.3 is 0 Å². The fraction of sp³-hybridized carbons (Fsp3) is 0.625. The van der Waals surface area contributed by atoms with Gasteiger partial charge in [0.1, 0.15) is 11.6 Å². The first kappa shape index (κ1) is 16.1. The van der Waals surface area contributed by atoms with E-state index in [1.54, 1.807) is 6.92 Å². The normalized spacial score (nSPS) is 14.4. The zero-order valence-corrected chi connectivity index (χ0v) is 12.0. The van der Waals surface area contributed by atoms with Crippen molar-refractivity contribution in [1.82, 2.24) is 0 Å². The minimum Gasteiger partial charge on any atom is -0.248 e. The van der Waals surface area contributed by atoms with Gasteiger partial charge in [0.05, 0.1) is 6.17 Å². The molecule has 2 atom stereocenters. The molecule has 0 amide bonds. The predicted octanol–water partition coefficient (Wildman–Crippen LogP) is 5.55. The van der Waals surface area contributed by atoms with Crippen LogP contribution in [0.2, 0.25) is 0 Å². The molecule has 0 saturated heterocycles. The SMILES string of the molecule is CCc1cc(F)cc(C(C)CCCC[C@@H](C)F)c1F. The molecule has 0 fully saturated rings. The van der Waals surface area contributed by atoms with Gasteiger partial charge in [0.2, 0.25) is 0 Å². The molecule has 3 heteroatoms. The van der Waals surface area contributed by atoms with Gasteiger partial charge in [-0.3, -0.25) is 0 Å². The van der Waals surface area contributed by atoms with E-state index in [2.05, 4.69) is 0 Å². The van der Waals surface area contributed by atoms with Crippen molar-refractivity contribution >= 4 is 0 Å². The van der Waals surface area contributed by atoms with E-state index in [4.69, 9.17) is 0 Å². The average Bonchev–Trinajstić information content (AvgIpc) is 2.36. The summed E-state index contributed by atoms with van der Waals surface area (Å²) in [6.07, 6.45) is 2.64. The lowest BCUT2D eigenvalue weighted by Gasteiger charge is -2.15. The van der Waals surface area contributed by atoms with Gasteiger partial charge in [-0.1, -0.05) is 26.7 Å². The molecule has 0 aliphatic carbocycles. The van der Waals surface area contributed by atoms with Crippen LogP contribution in [0.25, 0.3) is 0 Å². The standard InChI is InChI=1S/C16H23F3/c1-4-13-9-14(18)10-15(16(13)19)11(2)7-5-6-8-12(3)17/h9-12H,4-8H2,1-3H3/t11?,12-/m1/s1. The van der Waals surface area contributed by atoms with Gasteiger partial charge in [-0.15, -0.1) is 0 Å². The monoisotopic (exact) mass is 272 g/mol. The van der Waals surface area contributed by atoms with E-state index in [1.807, 2.05) is 13.8 Å². The molecule has 1 unspecified atom stereocenters. The third-order valence-electron chi connectivity index (χ3n) is 3.54. The van der Waals surface area contributed by atoms with Crippen LogP contribution in [0.5, 0.6) is 0 Å². The number of unbranched alkanes of at least 4 members (excludes halogenated alkanes) is 1. The molecule has 19 heavy (non-hydrogen) atoms. The van der Waals surface area contributed by atoms with E-state index < -0.39 is 6.17 Å². The fourth-order valence-electron chi connectivity index (χ4n) is 2.32. The molecular formula is C16H23F3. The summed E-state index contributed by atoms with van der Waals surface area (Å²) >= 11 is 0. The van der Waals surface area contributed by atoms with Crippen LogP contribution in [-0.2, 0) is 6.42 Å². The summed E-state index contributed by atoms with van der Waals surface area (Å²) in [5, 5.41) is 0. The molecule has 0 radical (unpaired) electrons. The maximum absolute atomic E-state index is 14.1. The number of alkyl halides is 1. The molecule has 0 aromatic heterocycles. The van der Waals surface area contributed by atoms with E-state index in [1.165, 1.54) is 12.1 Å².